The first-order valence-electron chi connectivity index (χ1n) is 16.0. The van der Waals surface area contributed by atoms with Crippen molar-refractivity contribution in [2.24, 2.45) is 4.99 Å². The average Bonchev–Trinajstić information content (AvgIpc) is 3.54. The summed E-state index contributed by atoms with van der Waals surface area (Å²) in [4.78, 5) is 5.08. The molecule has 0 saturated heterocycles. The third-order valence-corrected chi connectivity index (χ3v) is 9.19. The molecule has 8 aromatic rings. The number of hydrogen-bond acceptors (Lipinski definition) is 4. The molecule has 0 fully saturated rings. The lowest BCUT2D eigenvalue weighted by Gasteiger charge is -2.33. The standard InChI is InChI=1S/C43H31N3O/c1-3-12-31(13-4-1)41-44-42(32-14-5-2-6-15-32)46-43(45-41)36-18-10-9-16-34(36)30-21-19-28(20-22-30)33-23-25-37-39(27-33)47-38-26-24-29-11-7-8-17-35(29)40(37)38/h1-27,41,43,45H,(H,44,46). The molecule has 1 aliphatic rings. The van der Waals surface area contributed by atoms with Crippen molar-refractivity contribution in [3.63, 3.8) is 0 Å². The molecule has 0 aliphatic carbocycles. The number of hydrogen-bond donors (Lipinski definition) is 2. The Morgan fingerprint density at radius 2 is 1.21 bits per heavy atom. The Hall–Kier alpha value is -5.97. The van der Waals surface area contributed by atoms with Crippen molar-refractivity contribution >= 4 is 38.5 Å². The highest BCUT2D eigenvalue weighted by Crippen LogP contribution is 2.37. The van der Waals surface area contributed by atoms with E-state index in [1.165, 1.54) is 27.3 Å². The van der Waals surface area contributed by atoms with Crippen LogP contribution in [0.5, 0.6) is 0 Å². The van der Waals surface area contributed by atoms with Crippen LogP contribution in [0.2, 0.25) is 0 Å². The zero-order valence-electron chi connectivity index (χ0n) is 25.6. The Kier molecular flexibility index (Phi) is 6.65. The van der Waals surface area contributed by atoms with Crippen molar-refractivity contribution < 1.29 is 4.42 Å². The predicted octanol–water partition coefficient (Wildman–Crippen LogP) is 10.4. The minimum atomic E-state index is -0.181. The molecule has 47 heavy (non-hydrogen) atoms. The number of nitrogens with zero attached hydrogens (tertiary/aromatic N) is 1. The van der Waals surface area contributed by atoms with Crippen molar-refractivity contribution in [1.29, 1.82) is 0 Å². The number of rotatable bonds is 5. The molecule has 2 N–H and O–H groups in total. The van der Waals surface area contributed by atoms with E-state index in [1.54, 1.807) is 0 Å². The van der Waals surface area contributed by atoms with Crippen molar-refractivity contribution in [3.05, 3.63) is 180 Å². The minimum Gasteiger partial charge on any atom is -0.456 e. The van der Waals surface area contributed by atoms with E-state index in [-0.39, 0.29) is 12.3 Å². The van der Waals surface area contributed by atoms with E-state index in [0.29, 0.717) is 0 Å². The van der Waals surface area contributed by atoms with Gasteiger partial charge in [-0.05, 0) is 62.4 Å². The molecule has 0 spiro atoms. The van der Waals surface area contributed by atoms with Crippen LogP contribution in [0.4, 0.5) is 0 Å². The summed E-state index contributed by atoms with van der Waals surface area (Å²) in [5, 5.41) is 12.2. The molecule has 0 saturated carbocycles. The van der Waals surface area contributed by atoms with E-state index >= 15 is 0 Å². The van der Waals surface area contributed by atoms with Gasteiger partial charge in [-0.25, -0.2) is 4.99 Å². The fourth-order valence-corrected chi connectivity index (χ4v) is 6.85. The Labute approximate surface area is 273 Å². The van der Waals surface area contributed by atoms with Gasteiger partial charge in [-0.15, -0.1) is 0 Å². The molecule has 0 bridgehead atoms. The summed E-state index contributed by atoms with van der Waals surface area (Å²) in [5.74, 6) is 0.877. The molecule has 4 heteroatoms. The second-order valence-corrected chi connectivity index (χ2v) is 12.0. The Bertz CT molecular complexity index is 2410. The smallest absolute Gasteiger partial charge is 0.136 e. The van der Waals surface area contributed by atoms with E-state index in [1.807, 2.05) is 12.1 Å². The van der Waals surface area contributed by atoms with Gasteiger partial charge in [0.15, 0.2) is 0 Å². The van der Waals surface area contributed by atoms with Crippen LogP contribution in [0.1, 0.15) is 29.0 Å². The maximum Gasteiger partial charge on any atom is 0.136 e. The minimum absolute atomic E-state index is 0.143. The van der Waals surface area contributed by atoms with Crippen LogP contribution >= 0.6 is 0 Å². The van der Waals surface area contributed by atoms with Gasteiger partial charge < -0.3 is 9.73 Å². The fraction of sp³-hybridized carbons (Fsp3) is 0.0465. The number of fused-ring (bicyclic) bond motifs is 5. The molecule has 1 aromatic heterocycles. The molecule has 0 amide bonds. The lowest BCUT2D eigenvalue weighted by atomic mass is 9.94. The highest BCUT2D eigenvalue weighted by Gasteiger charge is 2.27. The first kappa shape index (κ1) is 27.3. The molecule has 2 atom stereocenters. The summed E-state index contributed by atoms with van der Waals surface area (Å²) < 4.78 is 6.36. The maximum atomic E-state index is 6.36. The van der Waals surface area contributed by atoms with Gasteiger partial charge in [0.05, 0.1) is 0 Å². The van der Waals surface area contributed by atoms with Gasteiger partial charge >= 0.3 is 0 Å². The normalized spacial score (nSPS) is 16.3. The first-order chi connectivity index (χ1) is 23.3. The van der Waals surface area contributed by atoms with Crippen LogP contribution in [-0.4, -0.2) is 5.84 Å². The Balaban J connectivity index is 1.06. The monoisotopic (exact) mass is 605 g/mol. The second kappa shape index (κ2) is 11.4. The Morgan fingerprint density at radius 1 is 0.511 bits per heavy atom. The SMILES string of the molecule is c1ccc(C2=NC(c3ccccc3)NC(c3ccccc3-c3ccc(-c4ccc5c(c4)oc4ccc6ccccc6c45)cc3)N2)cc1. The molecule has 4 nitrogen and oxygen atoms in total. The summed E-state index contributed by atoms with van der Waals surface area (Å²) in [6, 6.07) is 57.5. The van der Waals surface area contributed by atoms with Crippen LogP contribution in [0.3, 0.4) is 0 Å². The van der Waals surface area contributed by atoms with Crippen molar-refractivity contribution in [2.75, 3.05) is 0 Å². The predicted molar refractivity (Wildman–Crippen MR) is 193 cm³/mol. The van der Waals surface area contributed by atoms with Crippen molar-refractivity contribution in [2.45, 2.75) is 12.3 Å². The summed E-state index contributed by atoms with van der Waals surface area (Å²) in [5.41, 5.74) is 9.79. The molecule has 224 valence electrons. The molecule has 2 unspecified atom stereocenters. The quantitative estimate of drug-likeness (QED) is 0.205. The molecule has 0 radical (unpaired) electrons. The number of benzene rings is 7. The molecular formula is C43H31N3O. The zero-order chi connectivity index (χ0) is 31.2. The zero-order valence-corrected chi connectivity index (χ0v) is 25.6. The van der Waals surface area contributed by atoms with Crippen molar-refractivity contribution in [1.82, 2.24) is 10.6 Å². The summed E-state index contributed by atoms with van der Waals surface area (Å²) in [7, 11) is 0. The van der Waals surface area contributed by atoms with E-state index in [4.69, 9.17) is 9.41 Å². The highest BCUT2D eigenvalue weighted by atomic mass is 16.3. The van der Waals surface area contributed by atoms with Crippen LogP contribution in [0.15, 0.2) is 173 Å². The molecule has 1 aliphatic heterocycles. The number of amidine groups is 1. The van der Waals surface area contributed by atoms with Gasteiger partial charge in [0.25, 0.3) is 0 Å². The van der Waals surface area contributed by atoms with Gasteiger partial charge in [-0.1, -0.05) is 146 Å². The van der Waals surface area contributed by atoms with Crippen LogP contribution in [0.25, 0.3) is 55.0 Å². The number of aliphatic imine (C=N–C) groups is 1. The third kappa shape index (κ3) is 4.96. The molecule has 7 aromatic carbocycles. The summed E-state index contributed by atoms with van der Waals surface area (Å²) in [6.45, 7) is 0. The third-order valence-electron chi connectivity index (χ3n) is 9.19. The maximum absolute atomic E-state index is 6.36. The van der Waals surface area contributed by atoms with E-state index in [2.05, 4.69) is 162 Å². The van der Waals surface area contributed by atoms with Gasteiger partial charge in [0.2, 0.25) is 0 Å². The van der Waals surface area contributed by atoms with E-state index in [9.17, 15) is 0 Å². The average molecular weight is 606 g/mol. The van der Waals surface area contributed by atoms with E-state index < -0.39 is 0 Å². The van der Waals surface area contributed by atoms with Gasteiger partial charge in [0, 0.05) is 16.3 Å². The fourth-order valence-electron chi connectivity index (χ4n) is 6.85. The topological polar surface area (TPSA) is 49.6 Å². The van der Waals surface area contributed by atoms with Gasteiger partial charge in [-0.3, -0.25) is 5.32 Å². The van der Waals surface area contributed by atoms with E-state index in [0.717, 1.165) is 50.2 Å². The van der Waals surface area contributed by atoms with Gasteiger partial charge in [0.1, 0.15) is 29.3 Å². The number of nitrogens with one attached hydrogen (secondary N) is 2. The first-order valence-corrected chi connectivity index (χ1v) is 16.0. The van der Waals surface area contributed by atoms with Crippen LogP contribution in [-0.2, 0) is 0 Å². The largest absolute Gasteiger partial charge is 0.456 e. The van der Waals surface area contributed by atoms with Gasteiger partial charge in [-0.2, -0.15) is 0 Å². The lowest BCUT2D eigenvalue weighted by molar-refractivity contribution is 0.409. The van der Waals surface area contributed by atoms with Crippen LogP contribution < -0.4 is 10.6 Å². The van der Waals surface area contributed by atoms with Crippen LogP contribution in [0, 0.1) is 0 Å². The molecule has 2 heterocycles. The molecular weight excluding hydrogens is 574 g/mol. The number of furan rings is 1. The molecule has 9 rings (SSSR count). The second-order valence-electron chi connectivity index (χ2n) is 12.0. The lowest BCUT2D eigenvalue weighted by Crippen LogP contribution is -2.45. The highest BCUT2D eigenvalue weighted by molar-refractivity contribution is 6.19. The Morgan fingerprint density at radius 3 is 2.06 bits per heavy atom. The van der Waals surface area contributed by atoms with Crippen molar-refractivity contribution in [3.8, 4) is 22.3 Å². The summed E-state index contributed by atoms with van der Waals surface area (Å²) >= 11 is 0. The summed E-state index contributed by atoms with van der Waals surface area (Å²) in [6.07, 6.45) is -0.324.